The van der Waals surface area contributed by atoms with E-state index >= 15 is 0 Å². The summed E-state index contributed by atoms with van der Waals surface area (Å²) in [5.41, 5.74) is 2.70. The Morgan fingerprint density at radius 1 is 1.15 bits per heavy atom. The molecular weight excluding hydrogens is 345 g/mol. The maximum absolute atomic E-state index is 13.4. The number of aryl methyl sites for hydroxylation is 3. The second kappa shape index (κ2) is 6.48. The van der Waals surface area contributed by atoms with E-state index in [9.17, 15) is 18.0 Å². The van der Waals surface area contributed by atoms with Crippen LogP contribution in [0.25, 0.3) is 11.0 Å². The number of alkyl halides is 3. The molecule has 4 nitrogen and oxygen atoms in total. The summed E-state index contributed by atoms with van der Waals surface area (Å²) in [4.78, 5) is 16.2. The number of aromatic nitrogens is 1. The van der Waals surface area contributed by atoms with Crippen LogP contribution in [0.3, 0.4) is 0 Å². The molecule has 0 unspecified atom stereocenters. The summed E-state index contributed by atoms with van der Waals surface area (Å²) in [6, 6.07) is 4.17. The molecule has 2 heterocycles. The lowest BCUT2D eigenvalue weighted by atomic mass is 10.0. The van der Waals surface area contributed by atoms with Gasteiger partial charge in [0.1, 0.15) is 5.58 Å². The van der Waals surface area contributed by atoms with Crippen molar-refractivity contribution in [3.8, 4) is 0 Å². The smallest absolute Gasteiger partial charge is 0.412 e. The molecule has 0 spiro atoms. The molecule has 0 saturated heterocycles. The van der Waals surface area contributed by atoms with Crippen LogP contribution in [-0.2, 0) is 0 Å². The highest BCUT2D eigenvalue weighted by molar-refractivity contribution is 5.99. The minimum absolute atomic E-state index is 0.119. The lowest BCUT2D eigenvalue weighted by molar-refractivity contribution is -0.155. The Bertz CT molecular complexity index is 962. The van der Waals surface area contributed by atoms with Gasteiger partial charge in [-0.2, -0.15) is 13.2 Å². The van der Waals surface area contributed by atoms with Crippen molar-refractivity contribution < 1.29 is 22.4 Å². The van der Waals surface area contributed by atoms with E-state index in [1.54, 1.807) is 13.0 Å². The van der Waals surface area contributed by atoms with Crippen molar-refractivity contribution in [1.29, 1.82) is 0 Å². The van der Waals surface area contributed by atoms with Gasteiger partial charge < -0.3 is 9.73 Å². The molecule has 3 rings (SSSR count). The largest absolute Gasteiger partial charge is 0.450 e. The van der Waals surface area contributed by atoms with Gasteiger partial charge in [0.2, 0.25) is 0 Å². The van der Waals surface area contributed by atoms with Crippen LogP contribution in [0.1, 0.15) is 38.9 Å². The number of rotatable bonds is 3. The molecule has 136 valence electrons. The van der Waals surface area contributed by atoms with Crippen molar-refractivity contribution in [2.45, 2.75) is 33.0 Å². The summed E-state index contributed by atoms with van der Waals surface area (Å²) in [5.74, 6) is -1.03. The third-order valence-electron chi connectivity index (χ3n) is 4.45. The standard InChI is InChI=1S/C19H17F3N2O2/c1-10-6-7-14-12(3)16(26-15(14)11(10)2)18(25)24-17(19(20,21)22)13-5-4-8-23-9-13/h4-9,17H,1-3H3,(H,24,25)/t17-/m0/s1. The van der Waals surface area contributed by atoms with E-state index in [1.165, 1.54) is 18.3 Å². The summed E-state index contributed by atoms with van der Waals surface area (Å²) >= 11 is 0. The Balaban J connectivity index is 2.00. The van der Waals surface area contributed by atoms with Crippen molar-refractivity contribution in [2.24, 2.45) is 0 Å². The molecule has 0 bridgehead atoms. The maximum atomic E-state index is 13.4. The predicted molar refractivity (Wildman–Crippen MR) is 90.9 cm³/mol. The number of benzene rings is 1. The van der Waals surface area contributed by atoms with Crippen LogP contribution in [0.2, 0.25) is 0 Å². The van der Waals surface area contributed by atoms with Gasteiger partial charge in [-0.1, -0.05) is 18.2 Å². The highest BCUT2D eigenvalue weighted by Crippen LogP contribution is 2.34. The fourth-order valence-electron chi connectivity index (χ4n) is 2.83. The Morgan fingerprint density at radius 3 is 2.50 bits per heavy atom. The second-order valence-electron chi connectivity index (χ2n) is 6.17. The van der Waals surface area contributed by atoms with Crippen molar-refractivity contribution >= 4 is 16.9 Å². The van der Waals surface area contributed by atoms with Crippen LogP contribution in [0.4, 0.5) is 13.2 Å². The fourth-order valence-corrected chi connectivity index (χ4v) is 2.83. The first-order chi connectivity index (χ1) is 12.2. The first-order valence-electron chi connectivity index (χ1n) is 7.97. The molecule has 0 aliphatic rings. The highest BCUT2D eigenvalue weighted by atomic mass is 19.4. The third kappa shape index (κ3) is 3.16. The summed E-state index contributed by atoms with van der Waals surface area (Å²) in [6.07, 6.45) is -2.21. The zero-order valence-electron chi connectivity index (χ0n) is 14.4. The molecule has 0 radical (unpaired) electrons. The zero-order chi connectivity index (χ0) is 19.1. The van der Waals surface area contributed by atoms with Crippen LogP contribution >= 0.6 is 0 Å². The maximum Gasteiger partial charge on any atom is 0.412 e. The Morgan fingerprint density at radius 2 is 1.88 bits per heavy atom. The predicted octanol–water partition coefficient (Wildman–Crippen LogP) is 4.79. The normalized spacial score (nSPS) is 13.0. The first-order valence-corrected chi connectivity index (χ1v) is 7.97. The number of carbonyl (C=O) groups excluding carboxylic acids is 1. The Kier molecular flexibility index (Phi) is 4.48. The number of carbonyl (C=O) groups is 1. The monoisotopic (exact) mass is 362 g/mol. The summed E-state index contributed by atoms with van der Waals surface area (Å²) in [7, 11) is 0. The van der Waals surface area contributed by atoms with Gasteiger partial charge in [-0.15, -0.1) is 0 Å². The van der Waals surface area contributed by atoms with E-state index in [0.29, 0.717) is 16.5 Å². The molecule has 1 atom stereocenters. The molecule has 2 aromatic heterocycles. The summed E-state index contributed by atoms with van der Waals surface area (Å²) < 4.78 is 45.9. The summed E-state index contributed by atoms with van der Waals surface area (Å²) in [5, 5.41) is 2.74. The molecule has 0 saturated carbocycles. The number of halogens is 3. The van der Waals surface area contributed by atoms with Gasteiger partial charge in [-0.3, -0.25) is 9.78 Å². The van der Waals surface area contributed by atoms with Crippen molar-refractivity contribution in [3.63, 3.8) is 0 Å². The number of amides is 1. The minimum Gasteiger partial charge on any atom is -0.450 e. The van der Waals surface area contributed by atoms with Crippen molar-refractivity contribution in [2.75, 3.05) is 0 Å². The van der Waals surface area contributed by atoms with E-state index in [0.717, 1.165) is 17.3 Å². The first kappa shape index (κ1) is 18.0. The molecule has 26 heavy (non-hydrogen) atoms. The lowest BCUT2D eigenvalue weighted by Gasteiger charge is -2.21. The average molecular weight is 362 g/mol. The molecule has 0 aliphatic carbocycles. The Hall–Kier alpha value is -2.83. The quantitative estimate of drug-likeness (QED) is 0.729. The SMILES string of the molecule is Cc1ccc2c(C)c(C(=O)N[C@@H](c3cccnc3)C(F)(F)F)oc2c1C. The van der Waals surface area contributed by atoms with Crippen LogP contribution < -0.4 is 5.32 Å². The Labute approximate surface area is 148 Å². The van der Waals surface area contributed by atoms with Gasteiger partial charge in [0.15, 0.2) is 11.8 Å². The topological polar surface area (TPSA) is 55.1 Å². The molecule has 0 fully saturated rings. The molecule has 3 aromatic rings. The van der Waals surface area contributed by atoms with E-state index in [4.69, 9.17) is 4.42 Å². The molecule has 1 N–H and O–H groups in total. The van der Waals surface area contributed by atoms with Crippen LogP contribution in [-0.4, -0.2) is 17.1 Å². The molecule has 1 amide bonds. The van der Waals surface area contributed by atoms with Crippen molar-refractivity contribution in [1.82, 2.24) is 10.3 Å². The number of nitrogens with one attached hydrogen (secondary N) is 1. The van der Waals surface area contributed by atoms with E-state index < -0.39 is 18.1 Å². The number of hydrogen-bond acceptors (Lipinski definition) is 3. The number of nitrogens with zero attached hydrogens (tertiary/aromatic N) is 1. The van der Waals surface area contributed by atoms with Gasteiger partial charge in [0, 0.05) is 28.9 Å². The summed E-state index contributed by atoms with van der Waals surface area (Å²) in [6.45, 7) is 5.40. The van der Waals surface area contributed by atoms with Gasteiger partial charge in [-0.25, -0.2) is 0 Å². The second-order valence-corrected chi connectivity index (χ2v) is 6.17. The highest BCUT2D eigenvalue weighted by Gasteiger charge is 2.42. The van der Waals surface area contributed by atoms with Gasteiger partial charge >= 0.3 is 6.18 Å². The van der Waals surface area contributed by atoms with E-state index in [1.807, 2.05) is 25.2 Å². The minimum atomic E-state index is -4.66. The van der Waals surface area contributed by atoms with Crippen molar-refractivity contribution in [3.05, 3.63) is 64.7 Å². The number of fused-ring (bicyclic) bond motifs is 1. The number of hydrogen-bond donors (Lipinski definition) is 1. The number of furan rings is 1. The average Bonchev–Trinajstić information content (AvgIpc) is 2.93. The molecular formula is C19H17F3N2O2. The van der Waals surface area contributed by atoms with Gasteiger partial charge in [0.25, 0.3) is 5.91 Å². The lowest BCUT2D eigenvalue weighted by Crippen LogP contribution is -2.38. The van der Waals surface area contributed by atoms with Gasteiger partial charge in [0.05, 0.1) is 0 Å². The van der Waals surface area contributed by atoms with Gasteiger partial charge in [-0.05, 0) is 38.0 Å². The van der Waals surface area contributed by atoms with Crippen LogP contribution in [0.15, 0.2) is 41.1 Å². The molecule has 7 heteroatoms. The number of pyridine rings is 1. The van der Waals surface area contributed by atoms with Crippen LogP contribution in [0.5, 0.6) is 0 Å². The zero-order valence-corrected chi connectivity index (χ0v) is 14.4. The molecule has 0 aliphatic heterocycles. The van der Waals surface area contributed by atoms with Crippen LogP contribution in [0, 0.1) is 20.8 Å². The van der Waals surface area contributed by atoms with E-state index in [-0.39, 0.29) is 11.3 Å². The molecule has 1 aromatic carbocycles. The van der Waals surface area contributed by atoms with E-state index in [2.05, 4.69) is 4.98 Å². The fraction of sp³-hybridized carbons (Fsp3) is 0.263. The third-order valence-corrected chi connectivity index (χ3v) is 4.45.